The van der Waals surface area contributed by atoms with Crippen molar-refractivity contribution >= 4 is 42.4 Å². The zero-order valence-corrected chi connectivity index (χ0v) is 29.2. The molecule has 0 aliphatic rings. The van der Waals surface area contributed by atoms with Crippen LogP contribution in [0.15, 0.2) is 176 Å². The van der Waals surface area contributed by atoms with Gasteiger partial charge in [0, 0.05) is 53.4 Å². The van der Waals surface area contributed by atoms with Gasteiger partial charge in [0.2, 0.25) is 0 Å². The van der Waals surface area contributed by atoms with Gasteiger partial charge in [-0.3, -0.25) is 0 Å². The highest BCUT2D eigenvalue weighted by atomic mass is 32.1. The molecule has 0 saturated carbocycles. The molecule has 3 aromatic heterocycles. The SMILES string of the molecule is c1ccc(-c2ccc(-c3nc(-c4cccc5c4sc4ccc(-c6nc(-c7ccccc7)nc(-c7ccccc7)n6)cc45)nc4ccccc34)cc2)cc1. The minimum atomic E-state index is 0.635. The first-order valence-corrected chi connectivity index (χ1v) is 18.3. The van der Waals surface area contributed by atoms with Crippen LogP contribution < -0.4 is 0 Å². The van der Waals surface area contributed by atoms with Gasteiger partial charge in [-0.2, -0.15) is 0 Å². The molecule has 0 atom stereocenters. The van der Waals surface area contributed by atoms with Gasteiger partial charge in [0.05, 0.1) is 11.2 Å². The van der Waals surface area contributed by atoms with E-state index in [0.29, 0.717) is 23.3 Å². The lowest BCUT2D eigenvalue weighted by molar-refractivity contribution is 1.07. The zero-order chi connectivity index (χ0) is 35.1. The van der Waals surface area contributed by atoms with E-state index in [-0.39, 0.29) is 0 Å². The summed E-state index contributed by atoms with van der Waals surface area (Å²) in [5, 5.41) is 3.32. The normalized spacial score (nSPS) is 11.4. The van der Waals surface area contributed by atoms with E-state index in [0.717, 1.165) is 59.9 Å². The number of aromatic nitrogens is 5. The van der Waals surface area contributed by atoms with E-state index in [1.165, 1.54) is 15.8 Å². The first-order valence-electron chi connectivity index (χ1n) is 17.5. The van der Waals surface area contributed by atoms with Gasteiger partial charge in [0.1, 0.15) is 0 Å². The van der Waals surface area contributed by atoms with Crippen molar-refractivity contribution in [1.29, 1.82) is 0 Å². The van der Waals surface area contributed by atoms with Crippen LogP contribution in [0.5, 0.6) is 0 Å². The molecule has 0 unspecified atom stereocenters. The Labute approximate surface area is 310 Å². The van der Waals surface area contributed by atoms with Gasteiger partial charge >= 0.3 is 0 Å². The van der Waals surface area contributed by atoms with Crippen LogP contribution in [0.1, 0.15) is 0 Å². The van der Waals surface area contributed by atoms with Gasteiger partial charge in [-0.05, 0) is 41.5 Å². The maximum Gasteiger partial charge on any atom is 0.164 e. The van der Waals surface area contributed by atoms with E-state index in [1.54, 1.807) is 11.3 Å². The van der Waals surface area contributed by atoms with E-state index in [2.05, 4.69) is 103 Å². The third-order valence-electron chi connectivity index (χ3n) is 9.56. The summed E-state index contributed by atoms with van der Waals surface area (Å²) in [7, 11) is 0. The molecule has 10 rings (SSSR count). The monoisotopic (exact) mass is 695 g/mol. The fourth-order valence-corrected chi connectivity index (χ4v) is 8.11. The van der Waals surface area contributed by atoms with Crippen molar-refractivity contribution in [2.75, 3.05) is 0 Å². The predicted octanol–water partition coefficient (Wildman–Crippen LogP) is 12.2. The lowest BCUT2D eigenvalue weighted by Crippen LogP contribution is -2.00. The van der Waals surface area contributed by atoms with E-state index < -0.39 is 0 Å². The number of rotatable bonds is 6. The van der Waals surface area contributed by atoms with Crippen LogP contribution in [-0.2, 0) is 0 Å². The average Bonchev–Trinajstić information content (AvgIpc) is 3.62. The molecule has 0 fully saturated rings. The summed E-state index contributed by atoms with van der Waals surface area (Å²) >= 11 is 1.76. The van der Waals surface area contributed by atoms with Crippen molar-refractivity contribution in [1.82, 2.24) is 24.9 Å². The van der Waals surface area contributed by atoms with Crippen LogP contribution in [-0.4, -0.2) is 24.9 Å². The second-order valence-corrected chi connectivity index (χ2v) is 13.9. The fourth-order valence-electron chi connectivity index (χ4n) is 6.92. The lowest BCUT2D eigenvalue weighted by atomic mass is 10.0. The summed E-state index contributed by atoms with van der Waals surface area (Å²) in [5.41, 5.74) is 9.09. The van der Waals surface area contributed by atoms with Crippen LogP contribution in [0.25, 0.3) is 99.0 Å². The Morgan fingerprint density at radius 3 is 1.53 bits per heavy atom. The Morgan fingerprint density at radius 2 is 0.849 bits per heavy atom. The maximum absolute atomic E-state index is 5.27. The molecule has 3 heterocycles. The molecule has 0 saturated heterocycles. The Kier molecular flexibility index (Phi) is 7.59. The zero-order valence-electron chi connectivity index (χ0n) is 28.4. The maximum atomic E-state index is 5.27. The van der Waals surface area contributed by atoms with E-state index >= 15 is 0 Å². The van der Waals surface area contributed by atoms with Crippen molar-refractivity contribution in [2.45, 2.75) is 0 Å². The molecule has 0 radical (unpaired) electrons. The molecule has 248 valence electrons. The van der Waals surface area contributed by atoms with Crippen LogP contribution in [0.4, 0.5) is 0 Å². The van der Waals surface area contributed by atoms with E-state index in [4.69, 9.17) is 24.9 Å². The van der Waals surface area contributed by atoms with Crippen molar-refractivity contribution < 1.29 is 0 Å². The molecule has 6 heteroatoms. The molecule has 0 bridgehead atoms. The topological polar surface area (TPSA) is 64.5 Å². The fraction of sp³-hybridized carbons (Fsp3) is 0. The second-order valence-electron chi connectivity index (χ2n) is 12.9. The van der Waals surface area contributed by atoms with Gasteiger partial charge in [0.25, 0.3) is 0 Å². The number of nitrogens with zero attached hydrogens (tertiary/aromatic N) is 5. The van der Waals surface area contributed by atoms with Crippen LogP contribution in [0.2, 0.25) is 0 Å². The molecule has 5 nitrogen and oxygen atoms in total. The van der Waals surface area contributed by atoms with Gasteiger partial charge in [0.15, 0.2) is 23.3 Å². The third-order valence-corrected chi connectivity index (χ3v) is 10.8. The Bertz CT molecular complexity index is 2870. The van der Waals surface area contributed by atoms with Crippen molar-refractivity contribution in [3.8, 4) is 67.9 Å². The number of fused-ring (bicyclic) bond motifs is 4. The van der Waals surface area contributed by atoms with Gasteiger partial charge in [-0.25, -0.2) is 24.9 Å². The first-order chi connectivity index (χ1) is 26.2. The minimum absolute atomic E-state index is 0.635. The summed E-state index contributed by atoms with van der Waals surface area (Å²) in [6, 6.07) is 60.5. The summed E-state index contributed by atoms with van der Waals surface area (Å²) in [6.07, 6.45) is 0. The summed E-state index contributed by atoms with van der Waals surface area (Å²) in [6.45, 7) is 0. The number of para-hydroxylation sites is 1. The lowest BCUT2D eigenvalue weighted by Gasteiger charge is -2.11. The van der Waals surface area contributed by atoms with E-state index in [1.807, 2.05) is 72.8 Å². The molecule has 53 heavy (non-hydrogen) atoms. The second kappa shape index (κ2) is 13.0. The molecule has 0 aliphatic carbocycles. The Hall–Kier alpha value is -6.89. The van der Waals surface area contributed by atoms with Crippen molar-refractivity contribution in [3.63, 3.8) is 0 Å². The largest absolute Gasteiger partial charge is 0.228 e. The van der Waals surface area contributed by atoms with Gasteiger partial charge in [-0.15, -0.1) is 11.3 Å². The predicted molar refractivity (Wildman–Crippen MR) is 218 cm³/mol. The third kappa shape index (κ3) is 5.72. The van der Waals surface area contributed by atoms with Crippen LogP contribution >= 0.6 is 11.3 Å². The highest BCUT2D eigenvalue weighted by molar-refractivity contribution is 7.26. The smallest absolute Gasteiger partial charge is 0.164 e. The van der Waals surface area contributed by atoms with Crippen LogP contribution in [0.3, 0.4) is 0 Å². The van der Waals surface area contributed by atoms with Crippen LogP contribution in [0, 0.1) is 0 Å². The highest BCUT2D eigenvalue weighted by Gasteiger charge is 2.18. The van der Waals surface area contributed by atoms with Gasteiger partial charge in [-0.1, -0.05) is 146 Å². The van der Waals surface area contributed by atoms with Gasteiger partial charge < -0.3 is 0 Å². The quantitative estimate of drug-likeness (QED) is 0.173. The summed E-state index contributed by atoms with van der Waals surface area (Å²) in [5.74, 6) is 2.63. The molecular formula is C47H29N5S. The first kappa shape index (κ1) is 30.9. The Morgan fingerprint density at radius 1 is 0.321 bits per heavy atom. The average molecular weight is 696 g/mol. The minimum Gasteiger partial charge on any atom is -0.228 e. The number of hydrogen-bond donors (Lipinski definition) is 0. The molecule has 7 aromatic carbocycles. The summed E-state index contributed by atoms with van der Waals surface area (Å²) < 4.78 is 2.32. The van der Waals surface area contributed by atoms with Crippen molar-refractivity contribution in [2.24, 2.45) is 0 Å². The summed E-state index contributed by atoms with van der Waals surface area (Å²) in [4.78, 5) is 25.3. The molecule has 0 amide bonds. The highest BCUT2D eigenvalue weighted by Crippen LogP contribution is 2.41. The molecule has 0 spiro atoms. The molecule has 0 aliphatic heterocycles. The van der Waals surface area contributed by atoms with E-state index in [9.17, 15) is 0 Å². The molecule has 10 aromatic rings. The number of thiophene rings is 1. The number of hydrogen-bond acceptors (Lipinski definition) is 6. The molecule has 0 N–H and O–H groups in total. The standard InChI is InChI=1S/C47H29N5S/c1-4-13-30(14-5-1)31-23-25-32(26-24-31)42-37-19-10-11-22-40(37)48-47(49-42)38-21-12-20-36-39-29-35(27-28-41(39)53-43(36)38)46-51-44(33-15-6-2-7-16-33)50-45(52-46)34-17-8-3-9-18-34/h1-29H. The van der Waals surface area contributed by atoms with Crippen molar-refractivity contribution in [3.05, 3.63) is 176 Å². The molecular weight excluding hydrogens is 667 g/mol. The number of benzene rings is 7. The Balaban J connectivity index is 1.10.